The molecule has 1 nitrogen and oxygen atoms in total. The van der Waals surface area contributed by atoms with Gasteiger partial charge < -0.3 is 4.57 Å². The number of hydrogen-bond acceptors (Lipinski definition) is 1. The third-order valence-electron chi connectivity index (χ3n) is 11.6. The van der Waals surface area contributed by atoms with E-state index in [4.69, 9.17) is 0 Å². The molecule has 11 rings (SSSR count). The molecule has 0 saturated heterocycles. The summed E-state index contributed by atoms with van der Waals surface area (Å²) in [4.78, 5) is 0. The van der Waals surface area contributed by atoms with Gasteiger partial charge in [0.1, 0.15) is 0 Å². The van der Waals surface area contributed by atoms with Crippen LogP contribution in [0.2, 0.25) is 0 Å². The van der Waals surface area contributed by atoms with Crippen LogP contribution < -0.4 is 0 Å². The van der Waals surface area contributed by atoms with E-state index in [1.165, 1.54) is 97.4 Å². The summed E-state index contributed by atoms with van der Waals surface area (Å²) in [6.07, 6.45) is 0.853. The first-order chi connectivity index (χ1) is 27.8. The second-order valence-electron chi connectivity index (χ2n) is 14.8. The molecule has 0 bridgehead atoms. The van der Waals surface area contributed by atoms with Crippen LogP contribution in [-0.4, -0.2) is 4.57 Å². The normalized spacial score (nSPS) is 12.3. The van der Waals surface area contributed by atoms with E-state index in [0.29, 0.717) is 0 Å². The second-order valence-corrected chi connectivity index (χ2v) is 15.9. The van der Waals surface area contributed by atoms with E-state index in [1.807, 2.05) is 11.3 Å². The molecule has 2 aromatic heterocycles. The average Bonchev–Trinajstić information content (AvgIpc) is 3.81. The Morgan fingerprint density at radius 3 is 1.95 bits per heavy atom. The molecule has 56 heavy (non-hydrogen) atoms. The molecule has 0 aliphatic rings. The zero-order valence-electron chi connectivity index (χ0n) is 30.8. The van der Waals surface area contributed by atoms with Crippen molar-refractivity contribution in [3.8, 4) is 27.9 Å². The summed E-state index contributed by atoms with van der Waals surface area (Å²) < 4.78 is 5.10. The maximum Gasteiger partial charge on any atom is 0.0547 e. The minimum Gasteiger partial charge on any atom is -0.309 e. The third kappa shape index (κ3) is 5.53. The van der Waals surface area contributed by atoms with Crippen LogP contribution in [-0.2, 0) is 6.42 Å². The number of hydrogen-bond donors (Lipinski definition) is 0. The highest BCUT2D eigenvalue weighted by Crippen LogP contribution is 2.42. The Labute approximate surface area is 330 Å². The molecule has 2 heteroatoms. The van der Waals surface area contributed by atoms with Crippen molar-refractivity contribution >= 4 is 64.1 Å². The van der Waals surface area contributed by atoms with Crippen LogP contribution >= 0.6 is 11.3 Å². The van der Waals surface area contributed by atoms with Gasteiger partial charge in [-0.2, -0.15) is 0 Å². The Balaban J connectivity index is 1.13. The molecule has 1 unspecified atom stereocenters. The predicted octanol–water partition coefficient (Wildman–Crippen LogP) is 15.0. The highest BCUT2D eigenvalue weighted by molar-refractivity contribution is 7.25. The van der Waals surface area contributed by atoms with Gasteiger partial charge in [0.25, 0.3) is 0 Å². The fourth-order valence-electron chi connectivity index (χ4n) is 8.98. The van der Waals surface area contributed by atoms with E-state index in [9.17, 15) is 0 Å². The van der Waals surface area contributed by atoms with Gasteiger partial charge in [0, 0.05) is 42.6 Å². The zero-order chi connectivity index (χ0) is 37.0. The fourth-order valence-corrected chi connectivity index (χ4v) is 10.1. The Kier molecular flexibility index (Phi) is 7.89. The van der Waals surface area contributed by atoms with Crippen molar-refractivity contribution < 1.29 is 0 Å². The first-order valence-corrected chi connectivity index (χ1v) is 20.2. The highest BCUT2D eigenvalue weighted by atomic mass is 32.1. The van der Waals surface area contributed by atoms with Crippen molar-refractivity contribution in [2.75, 3.05) is 0 Å². The number of rotatable bonds is 7. The van der Waals surface area contributed by atoms with Crippen molar-refractivity contribution in [2.45, 2.75) is 12.3 Å². The van der Waals surface area contributed by atoms with Crippen LogP contribution in [0.15, 0.2) is 206 Å². The first-order valence-electron chi connectivity index (χ1n) is 19.4. The molecule has 11 aromatic rings. The van der Waals surface area contributed by atoms with Crippen LogP contribution in [0.3, 0.4) is 0 Å². The first kappa shape index (κ1) is 32.7. The molecule has 0 fully saturated rings. The third-order valence-corrected chi connectivity index (χ3v) is 12.8. The van der Waals surface area contributed by atoms with Gasteiger partial charge in [0.2, 0.25) is 0 Å². The lowest BCUT2D eigenvalue weighted by Crippen LogP contribution is -2.07. The lowest BCUT2D eigenvalue weighted by molar-refractivity contribution is 0.809. The standard InChI is InChI=1S/C54H37NS/c1-3-14-36(15-4-1)38-17-13-18-39(32-38)48(40-29-31-53-49(33-40)47-23-10-12-25-52(47)56-53)34-41-27-26-37-16-7-8-21-44(37)54(41)42-28-30-46-45-22-9-11-24-50(45)55(51(46)35-42)43-19-5-2-6-20-43/h1-33,35,48H,34H2. The summed E-state index contributed by atoms with van der Waals surface area (Å²) in [6.45, 7) is 0. The van der Waals surface area contributed by atoms with Crippen molar-refractivity contribution in [3.63, 3.8) is 0 Å². The highest BCUT2D eigenvalue weighted by Gasteiger charge is 2.22. The molecular formula is C54H37NS. The molecule has 2 heterocycles. The molecule has 0 amide bonds. The SMILES string of the molecule is c1ccc(-c2cccc(C(Cc3ccc4ccccc4c3-c3ccc4c5ccccc5n(-c5ccccc5)c4c3)c3ccc4sc5ccccc5c4c3)c2)cc1. The molecule has 0 aliphatic heterocycles. The zero-order valence-corrected chi connectivity index (χ0v) is 31.6. The lowest BCUT2D eigenvalue weighted by Gasteiger charge is -2.23. The topological polar surface area (TPSA) is 4.93 Å². The molecule has 0 N–H and O–H groups in total. The Morgan fingerprint density at radius 1 is 0.393 bits per heavy atom. The monoisotopic (exact) mass is 731 g/mol. The smallest absolute Gasteiger partial charge is 0.0547 e. The number of para-hydroxylation sites is 2. The summed E-state index contributed by atoms with van der Waals surface area (Å²) >= 11 is 1.88. The molecule has 1 atom stereocenters. The Bertz CT molecular complexity index is 3220. The molecule has 264 valence electrons. The molecule has 0 radical (unpaired) electrons. The minimum absolute atomic E-state index is 0.126. The predicted molar refractivity (Wildman–Crippen MR) is 240 cm³/mol. The molecule has 9 aromatic carbocycles. The Hall–Kier alpha value is -6.74. The average molecular weight is 732 g/mol. The van der Waals surface area contributed by atoms with Crippen molar-refractivity contribution in [1.82, 2.24) is 4.57 Å². The van der Waals surface area contributed by atoms with Crippen LogP contribution in [0.5, 0.6) is 0 Å². The van der Waals surface area contributed by atoms with Crippen LogP contribution in [0.25, 0.3) is 80.7 Å². The number of nitrogens with zero attached hydrogens (tertiary/aromatic N) is 1. The van der Waals surface area contributed by atoms with E-state index in [2.05, 4.69) is 211 Å². The summed E-state index contributed by atoms with van der Waals surface area (Å²) in [5.74, 6) is 0.126. The van der Waals surface area contributed by atoms with E-state index in [1.54, 1.807) is 0 Å². The van der Waals surface area contributed by atoms with Gasteiger partial charge >= 0.3 is 0 Å². The van der Waals surface area contributed by atoms with Crippen LogP contribution in [0.1, 0.15) is 22.6 Å². The van der Waals surface area contributed by atoms with Gasteiger partial charge in [-0.25, -0.2) is 0 Å². The van der Waals surface area contributed by atoms with Gasteiger partial charge in [-0.3, -0.25) is 0 Å². The molecular weight excluding hydrogens is 695 g/mol. The lowest BCUT2D eigenvalue weighted by atomic mass is 9.81. The van der Waals surface area contributed by atoms with Gasteiger partial charge in [-0.1, -0.05) is 164 Å². The maximum absolute atomic E-state index is 2.47. The van der Waals surface area contributed by atoms with Gasteiger partial charge in [0.15, 0.2) is 0 Å². The van der Waals surface area contributed by atoms with E-state index in [-0.39, 0.29) is 5.92 Å². The summed E-state index contributed by atoms with van der Waals surface area (Å²) in [5.41, 5.74) is 12.6. The number of aromatic nitrogens is 1. The molecule has 0 saturated carbocycles. The number of benzene rings is 9. The summed E-state index contributed by atoms with van der Waals surface area (Å²) in [6, 6.07) is 76.3. The van der Waals surface area contributed by atoms with E-state index >= 15 is 0 Å². The van der Waals surface area contributed by atoms with E-state index in [0.717, 1.165) is 6.42 Å². The van der Waals surface area contributed by atoms with Crippen molar-refractivity contribution in [2.24, 2.45) is 0 Å². The number of thiophene rings is 1. The Morgan fingerprint density at radius 2 is 1.07 bits per heavy atom. The minimum atomic E-state index is 0.126. The molecule has 0 spiro atoms. The van der Waals surface area contributed by atoms with Crippen molar-refractivity contribution in [1.29, 1.82) is 0 Å². The van der Waals surface area contributed by atoms with Crippen LogP contribution in [0.4, 0.5) is 0 Å². The summed E-state index contributed by atoms with van der Waals surface area (Å²) in [5, 5.41) is 7.74. The van der Waals surface area contributed by atoms with E-state index < -0.39 is 0 Å². The maximum atomic E-state index is 2.47. The largest absolute Gasteiger partial charge is 0.309 e. The second kappa shape index (κ2) is 13.5. The van der Waals surface area contributed by atoms with Crippen molar-refractivity contribution in [3.05, 3.63) is 223 Å². The quantitative estimate of drug-likeness (QED) is 0.154. The summed E-state index contributed by atoms with van der Waals surface area (Å²) in [7, 11) is 0. The van der Waals surface area contributed by atoms with Gasteiger partial charge in [0.05, 0.1) is 11.0 Å². The van der Waals surface area contributed by atoms with Crippen LogP contribution in [0, 0.1) is 0 Å². The number of fused-ring (bicyclic) bond motifs is 7. The van der Waals surface area contributed by atoms with Gasteiger partial charge in [-0.05, 0) is 98.6 Å². The fraction of sp³-hybridized carbons (Fsp3) is 0.0370. The van der Waals surface area contributed by atoms with Gasteiger partial charge in [-0.15, -0.1) is 11.3 Å². The molecule has 0 aliphatic carbocycles.